The molecule has 0 aliphatic carbocycles. The lowest BCUT2D eigenvalue weighted by atomic mass is 10.3. The van der Waals surface area contributed by atoms with Crippen molar-refractivity contribution >= 4 is 39.7 Å². The summed E-state index contributed by atoms with van der Waals surface area (Å²) >= 11 is 0. The van der Waals surface area contributed by atoms with E-state index in [0.29, 0.717) is 18.2 Å². The second-order valence-corrected chi connectivity index (χ2v) is 6.45. The quantitative estimate of drug-likeness (QED) is 0.437. The number of rotatable bonds is 5. The van der Waals surface area contributed by atoms with Crippen LogP contribution in [0.5, 0.6) is 0 Å². The van der Waals surface area contributed by atoms with Gasteiger partial charge in [-0.2, -0.15) is 0 Å². The number of aromatic nitrogens is 6. The summed E-state index contributed by atoms with van der Waals surface area (Å²) in [5.41, 5.74) is 3.96. The summed E-state index contributed by atoms with van der Waals surface area (Å²) in [4.78, 5) is 21.1. The Hall–Kier alpha value is -3.94. The van der Waals surface area contributed by atoms with Gasteiger partial charge in [0.25, 0.3) is 0 Å². The Bertz CT molecular complexity index is 1240. The van der Waals surface area contributed by atoms with Gasteiger partial charge in [0.15, 0.2) is 0 Å². The molecule has 0 unspecified atom stereocenters. The Kier molecular flexibility index (Phi) is 3.86. The van der Waals surface area contributed by atoms with Crippen molar-refractivity contribution in [3.05, 3.63) is 66.7 Å². The number of benzene rings is 2. The summed E-state index contributed by atoms with van der Waals surface area (Å²) in [6.45, 7) is 0.539. The van der Waals surface area contributed by atoms with Crippen LogP contribution in [0, 0.1) is 0 Å². The molecule has 3 heterocycles. The highest BCUT2D eigenvalue weighted by atomic mass is 15.2. The fourth-order valence-corrected chi connectivity index (χ4v) is 3.16. The van der Waals surface area contributed by atoms with Crippen LogP contribution in [0.15, 0.2) is 60.9 Å². The first-order valence-corrected chi connectivity index (χ1v) is 8.94. The molecule has 8 heteroatoms. The lowest BCUT2D eigenvalue weighted by Gasteiger charge is -2.08. The van der Waals surface area contributed by atoms with Crippen molar-refractivity contribution in [1.82, 2.24) is 29.5 Å². The molecular formula is C20H18N8. The van der Waals surface area contributed by atoms with Crippen LogP contribution in [0.2, 0.25) is 0 Å². The van der Waals surface area contributed by atoms with Crippen molar-refractivity contribution in [3.8, 4) is 0 Å². The number of fused-ring (bicyclic) bond motifs is 2. The fraction of sp³-hybridized carbons (Fsp3) is 0.100. The van der Waals surface area contributed by atoms with Gasteiger partial charge < -0.3 is 20.2 Å². The number of anilines is 3. The first-order chi connectivity index (χ1) is 13.8. The lowest BCUT2D eigenvalue weighted by Crippen LogP contribution is -2.05. The minimum atomic E-state index is 0.539. The zero-order chi connectivity index (χ0) is 18.9. The molecule has 3 N–H and O–H groups in total. The van der Waals surface area contributed by atoms with Gasteiger partial charge >= 0.3 is 0 Å². The van der Waals surface area contributed by atoms with Crippen LogP contribution >= 0.6 is 0 Å². The number of aromatic amines is 1. The van der Waals surface area contributed by atoms with Gasteiger partial charge in [-0.15, -0.1) is 0 Å². The van der Waals surface area contributed by atoms with Crippen LogP contribution in [0.1, 0.15) is 5.82 Å². The van der Waals surface area contributed by atoms with Crippen LogP contribution < -0.4 is 10.6 Å². The van der Waals surface area contributed by atoms with Crippen LogP contribution in [0.25, 0.3) is 22.1 Å². The molecule has 0 spiro atoms. The summed E-state index contributed by atoms with van der Waals surface area (Å²) in [5.74, 6) is 2.95. The molecule has 2 aromatic carbocycles. The van der Waals surface area contributed by atoms with E-state index in [2.05, 4.69) is 35.6 Å². The van der Waals surface area contributed by atoms with E-state index >= 15 is 0 Å². The van der Waals surface area contributed by atoms with E-state index in [4.69, 9.17) is 0 Å². The van der Waals surface area contributed by atoms with Gasteiger partial charge in [-0.1, -0.05) is 24.3 Å². The third-order valence-corrected chi connectivity index (χ3v) is 4.57. The maximum absolute atomic E-state index is 4.61. The fourth-order valence-electron chi connectivity index (χ4n) is 3.16. The van der Waals surface area contributed by atoms with Crippen molar-refractivity contribution in [1.29, 1.82) is 0 Å². The van der Waals surface area contributed by atoms with Crippen LogP contribution in [0.3, 0.4) is 0 Å². The van der Waals surface area contributed by atoms with Crippen molar-refractivity contribution < 1.29 is 0 Å². The molecule has 0 atom stereocenters. The Labute approximate surface area is 160 Å². The first kappa shape index (κ1) is 16.2. The number of nitrogens with one attached hydrogen (secondary N) is 3. The van der Waals surface area contributed by atoms with Gasteiger partial charge in [-0.05, 0) is 24.3 Å². The van der Waals surface area contributed by atoms with Crippen molar-refractivity contribution in [2.75, 3.05) is 10.6 Å². The molecule has 28 heavy (non-hydrogen) atoms. The number of nitrogens with zero attached hydrogens (tertiary/aromatic N) is 5. The molecule has 8 nitrogen and oxygen atoms in total. The number of imidazole rings is 2. The Morgan fingerprint density at radius 2 is 1.71 bits per heavy atom. The average Bonchev–Trinajstić information content (AvgIpc) is 3.28. The predicted molar refractivity (Wildman–Crippen MR) is 109 cm³/mol. The molecule has 0 aliphatic heterocycles. The third-order valence-electron chi connectivity index (χ3n) is 4.57. The van der Waals surface area contributed by atoms with E-state index in [0.717, 1.165) is 33.8 Å². The summed E-state index contributed by atoms with van der Waals surface area (Å²) in [7, 11) is 1.97. The molecular weight excluding hydrogens is 352 g/mol. The number of aryl methyl sites for hydroxylation is 1. The summed E-state index contributed by atoms with van der Waals surface area (Å²) in [5, 5.41) is 6.54. The third kappa shape index (κ3) is 3.01. The molecule has 0 radical (unpaired) electrons. The van der Waals surface area contributed by atoms with Crippen molar-refractivity contribution in [2.45, 2.75) is 6.54 Å². The van der Waals surface area contributed by atoms with Gasteiger partial charge in [-0.3, -0.25) is 0 Å². The van der Waals surface area contributed by atoms with Crippen LogP contribution in [-0.4, -0.2) is 29.5 Å². The Morgan fingerprint density at radius 1 is 0.929 bits per heavy atom. The molecule has 0 bridgehead atoms. The normalized spacial score (nSPS) is 11.2. The van der Waals surface area contributed by atoms with Crippen molar-refractivity contribution in [3.63, 3.8) is 0 Å². The maximum Gasteiger partial charge on any atom is 0.209 e. The molecule has 0 saturated carbocycles. The number of hydrogen-bond acceptors (Lipinski definition) is 6. The van der Waals surface area contributed by atoms with E-state index in [9.17, 15) is 0 Å². The number of H-pyrrole nitrogens is 1. The highest BCUT2D eigenvalue weighted by Crippen LogP contribution is 2.21. The Morgan fingerprint density at radius 3 is 2.57 bits per heavy atom. The average molecular weight is 370 g/mol. The number of para-hydroxylation sites is 4. The molecule has 3 aromatic heterocycles. The van der Waals surface area contributed by atoms with Gasteiger partial charge in [-0.25, -0.2) is 19.9 Å². The van der Waals surface area contributed by atoms with E-state index in [1.807, 2.05) is 66.2 Å². The maximum atomic E-state index is 4.61. The standard InChI is InChI=1S/C20H18N8/c1-28-16-9-5-4-8-15(16)26-20(28)27-18-10-17(22-12-23-18)21-11-19-24-13-6-2-3-7-14(13)25-19/h2-10,12H,11H2,1H3,(H,24,25)(H2,21,22,23,26,27). The van der Waals surface area contributed by atoms with E-state index in [1.165, 1.54) is 6.33 Å². The monoisotopic (exact) mass is 370 g/mol. The largest absolute Gasteiger partial charge is 0.363 e. The smallest absolute Gasteiger partial charge is 0.209 e. The second-order valence-electron chi connectivity index (χ2n) is 6.45. The second kappa shape index (κ2) is 6.66. The van der Waals surface area contributed by atoms with Gasteiger partial charge in [0.1, 0.15) is 23.8 Å². The molecule has 5 aromatic rings. The zero-order valence-electron chi connectivity index (χ0n) is 15.2. The Balaban J connectivity index is 1.33. The van der Waals surface area contributed by atoms with Crippen LogP contribution in [0.4, 0.5) is 17.6 Å². The van der Waals surface area contributed by atoms with Gasteiger partial charge in [0, 0.05) is 13.1 Å². The van der Waals surface area contributed by atoms with E-state index in [-0.39, 0.29) is 0 Å². The predicted octanol–water partition coefficient (Wildman–Crippen LogP) is 3.60. The summed E-state index contributed by atoms with van der Waals surface area (Å²) in [6, 6.07) is 17.8. The topological polar surface area (TPSA) is 96.3 Å². The zero-order valence-corrected chi connectivity index (χ0v) is 15.2. The van der Waals surface area contributed by atoms with Crippen molar-refractivity contribution in [2.24, 2.45) is 7.05 Å². The SMILES string of the molecule is Cn1c(Nc2cc(NCc3nc4ccccc4[nH]3)ncn2)nc2ccccc21. The highest BCUT2D eigenvalue weighted by Gasteiger charge is 2.09. The lowest BCUT2D eigenvalue weighted by molar-refractivity contribution is 0.952. The number of hydrogen-bond donors (Lipinski definition) is 3. The van der Waals surface area contributed by atoms with E-state index < -0.39 is 0 Å². The molecule has 138 valence electrons. The van der Waals surface area contributed by atoms with Gasteiger partial charge in [0.05, 0.1) is 28.6 Å². The molecule has 0 amide bonds. The minimum Gasteiger partial charge on any atom is -0.363 e. The van der Waals surface area contributed by atoms with Crippen LogP contribution in [-0.2, 0) is 13.6 Å². The van der Waals surface area contributed by atoms with E-state index in [1.54, 1.807) is 0 Å². The molecule has 0 aliphatic rings. The highest BCUT2D eigenvalue weighted by molar-refractivity contribution is 5.79. The molecule has 0 saturated heterocycles. The molecule has 0 fully saturated rings. The minimum absolute atomic E-state index is 0.539. The summed E-state index contributed by atoms with van der Waals surface area (Å²) < 4.78 is 2.00. The molecule has 5 rings (SSSR count). The first-order valence-electron chi connectivity index (χ1n) is 8.94. The van der Waals surface area contributed by atoms with Gasteiger partial charge in [0.2, 0.25) is 5.95 Å². The summed E-state index contributed by atoms with van der Waals surface area (Å²) in [6.07, 6.45) is 1.52.